The molecule has 128 valence electrons. The van der Waals surface area contributed by atoms with E-state index in [0.29, 0.717) is 17.3 Å². The van der Waals surface area contributed by atoms with Crippen LogP contribution in [-0.4, -0.2) is 24.2 Å². The van der Waals surface area contributed by atoms with Crippen molar-refractivity contribution in [3.05, 3.63) is 64.7 Å². The molecule has 0 aliphatic heterocycles. The molecule has 1 amide bonds. The van der Waals surface area contributed by atoms with Gasteiger partial charge in [0.2, 0.25) is 0 Å². The first-order chi connectivity index (χ1) is 11.3. The summed E-state index contributed by atoms with van der Waals surface area (Å²) in [7, 11) is 0. The molecule has 0 aliphatic carbocycles. The molecule has 2 rings (SSSR count). The van der Waals surface area contributed by atoms with Crippen molar-refractivity contribution < 1.29 is 14.6 Å². The van der Waals surface area contributed by atoms with Gasteiger partial charge in [-0.2, -0.15) is 0 Å². The molecule has 0 saturated carbocycles. The average Bonchev–Trinajstić information content (AvgIpc) is 2.54. The van der Waals surface area contributed by atoms with Gasteiger partial charge in [-0.05, 0) is 55.7 Å². The van der Waals surface area contributed by atoms with Crippen LogP contribution in [0.5, 0.6) is 5.75 Å². The van der Waals surface area contributed by atoms with Crippen molar-refractivity contribution in [2.75, 3.05) is 13.2 Å². The fourth-order valence-electron chi connectivity index (χ4n) is 2.16. The predicted octanol–water partition coefficient (Wildman–Crippen LogP) is 3.31. The first-order valence-corrected chi connectivity index (χ1v) is 8.19. The van der Waals surface area contributed by atoms with E-state index in [9.17, 15) is 9.90 Å². The third kappa shape index (κ3) is 5.87. The van der Waals surface area contributed by atoms with Gasteiger partial charge in [0, 0.05) is 11.6 Å². The molecule has 0 aromatic heterocycles. The molecule has 0 heterocycles. The molecule has 0 bridgehead atoms. The normalized spacial score (nSPS) is 11.2. The van der Waals surface area contributed by atoms with Gasteiger partial charge in [0.15, 0.2) is 6.61 Å². The molecule has 2 N–H and O–H groups in total. The van der Waals surface area contributed by atoms with Gasteiger partial charge in [-0.1, -0.05) is 35.9 Å². The van der Waals surface area contributed by atoms with Gasteiger partial charge in [0.05, 0.1) is 5.60 Å². The zero-order valence-corrected chi connectivity index (χ0v) is 14.6. The number of hydrogen-bond donors (Lipinski definition) is 2. The molecule has 2 aromatic carbocycles. The number of carbonyl (C=O) groups excluding carboxylic acids is 1. The van der Waals surface area contributed by atoms with Crippen molar-refractivity contribution in [2.45, 2.75) is 25.9 Å². The minimum absolute atomic E-state index is 0.0392. The van der Waals surface area contributed by atoms with Gasteiger partial charge in [-0.25, -0.2) is 0 Å². The van der Waals surface area contributed by atoms with Crippen LogP contribution < -0.4 is 10.1 Å². The lowest BCUT2D eigenvalue weighted by atomic mass is 9.99. The molecule has 0 atom stereocenters. The summed E-state index contributed by atoms with van der Waals surface area (Å²) < 4.78 is 5.44. The molecule has 2 aromatic rings. The maximum atomic E-state index is 11.8. The van der Waals surface area contributed by atoms with E-state index >= 15 is 0 Å². The standard InChI is InChI=1S/C19H22ClNO3/c1-19(2,23)15-5-9-17(10-6-15)24-13-18(22)21-12-11-14-3-7-16(20)8-4-14/h3-10,23H,11-13H2,1-2H3,(H,21,22). The van der Waals surface area contributed by atoms with E-state index in [1.165, 1.54) is 0 Å². The number of nitrogens with one attached hydrogen (secondary N) is 1. The minimum Gasteiger partial charge on any atom is -0.484 e. The maximum Gasteiger partial charge on any atom is 0.257 e. The summed E-state index contributed by atoms with van der Waals surface area (Å²) in [6, 6.07) is 14.6. The number of rotatable bonds is 7. The zero-order valence-electron chi connectivity index (χ0n) is 13.9. The third-order valence-electron chi connectivity index (χ3n) is 3.58. The molecule has 4 nitrogen and oxygen atoms in total. The molecule has 0 spiro atoms. The van der Waals surface area contributed by atoms with Crippen molar-refractivity contribution in [1.29, 1.82) is 0 Å². The van der Waals surface area contributed by atoms with Crippen LogP contribution in [-0.2, 0) is 16.8 Å². The molecule has 0 fully saturated rings. The Balaban J connectivity index is 1.72. The van der Waals surface area contributed by atoms with E-state index in [1.54, 1.807) is 38.1 Å². The van der Waals surface area contributed by atoms with Crippen LogP contribution in [0.15, 0.2) is 48.5 Å². The van der Waals surface area contributed by atoms with Crippen LogP contribution in [0.2, 0.25) is 5.02 Å². The maximum absolute atomic E-state index is 11.8. The summed E-state index contributed by atoms with van der Waals surface area (Å²) in [5, 5.41) is 13.4. The molecular formula is C19H22ClNO3. The lowest BCUT2D eigenvalue weighted by Crippen LogP contribution is -2.30. The van der Waals surface area contributed by atoms with Gasteiger partial charge in [-0.15, -0.1) is 0 Å². The van der Waals surface area contributed by atoms with Crippen molar-refractivity contribution >= 4 is 17.5 Å². The smallest absolute Gasteiger partial charge is 0.257 e. The third-order valence-corrected chi connectivity index (χ3v) is 3.83. The van der Waals surface area contributed by atoms with Gasteiger partial charge < -0.3 is 15.2 Å². The molecule has 0 saturated heterocycles. The summed E-state index contributed by atoms with van der Waals surface area (Å²) in [5.41, 5.74) is 1.02. The lowest BCUT2D eigenvalue weighted by molar-refractivity contribution is -0.123. The number of halogens is 1. The topological polar surface area (TPSA) is 58.6 Å². The molecule has 0 unspecified atom stereocenters. The van der Waals surface area contributed by atoms with E-state index in [1.807, 2.05) is 24.3 Å². The Morgan fingerprint density at radius 2 is 1.75 bits per heavy atom. The van der Waals surface area contributed by atoms with E-state index in [0.717, 1.165) is 17.5 Å². The van der Waals surface area contributed by atoms with Gasteiger partial charge in [0.1, 0.15) is 5.75 Å². The number of amides is 1. The highest BCUT2D eigenvalue weighted by molar-refractivity contribution is 6.30. The highest BCUT2D eigenvalue weighted by Gasteiger charge is 2.15. The van der Waals surface area contributed by atoms with Crippen molar-refractivity contribution in [3.8, 4) is 5.75 Å². The SMILES string of the molecule is CC(C)(O)c1ccc(OCC(=O)NCCc2ccc(Cl)cc2)cc1. The average molecular weight is 348 g/mol. The Kier molecular flexibility index (Phi) is 6.23. The zero-order chi connectivity index (χ0) is 17.6. The second kappa shape index (κ2) is 8.18. The van der Waals surface area contributed by atoms with Crippen LogP contribution in [0.25, 0.3) is 0 Å². The first-order valence-electron chi connectivity index (χ1n) is 7.81. The number of aliphatic hydroxyl groups is 1. The van der Waals surface area contributed by atoms with Crippen LogP contribution in [0.4, 0.5) is 0 Å². The number of hydrogen-bond acceptors (Lipinski definition) is 3. The lowest BCUT2D eigenvalue weighted by Gasteiger charge is -2.17. The molecule has 24 heavy (non-hydrogen) atoms. The van der Waals surface area contributed by atoms with Crippen LogP contribution in [0, 0.1) is 0 Å². The van der Waals surface area contributed by atoms with Crippen molar-refractivity contribution in [3.63, 3.8) is 0 Å². The number of ether oxygens (including phenoxy) is 1. The quantitative estimate of drug-likeness (QED) is 0.808. The van der Waals surface area contributed by atoms with Crippen molar-refractivity contribution in [2.24, 2.45) is 0 Å². The molecule has 0 aliphatic rings. The molecular weight excluding hydrogens is 326 g/mol. The fourth-order valence-corrected chi connectivity index (χ4v) is 2.28. The minimum atomic E-state index is -0.891. The number of carbonyl (C=O) groups is 1. The largest absolute Gasteiger partial charge is 0.484 e. The second-order valence-electron chi connectivity index (χ2n) is 6.10. The Morgan fingerprint density at radius 1 is 1.12 bits per heavy atom. The Morgan fingerprint density at radius 3 is 2.33 bits per heavy atom. The van der Waals surface area contributed by atoms with Crippen LogP contribution in [0.1, 0.15) is 25.0 Å². The van der Waals surface area contributed by atoms with E-state index < -0.39 is 5.60 Å². The van der Waals surface area contributed by atoms with Gasteiger partial charge in [0.25, 0.3) is 5.91 Å². The summed E-state index contributed by atoms with van der Waals surface area (Å²) in [6.45, 7) is 3.94. The summed E-state index contributed by atoms with van der Waals surface area (Å²) >= 11 is 5.83. The van der Waals surface area contributed by atoms with Gasteiger partial charge in [-0.3, -0.25) is 4.79 Å². The first kappa shape index (κ1) is 18.3. The van der Waals surface area contributed by atoms with Crippen LogP contribution in [0.3, 0.4) is 0 Å². The summed E-state index contributed by atoms with van der Waals surface area (Å²) in [6.07, 6.45) is 0.739. The highest BCUT2D eigenvalue weighted by Crippen LogP contribution is 2.22. The number of benzene rings is 2. The predicted molar refractivity (Wildman–Crippen MR) is 95.3 cm³/mol. The Bertz CT molecular complexity index is 661. The van der Waals surface area contributed by atoms with E-state index in [-0.39, 0.29) is 12.5 Å². The highest BCUT2D eigenvalue weighted by atomic mass is 35.5. The monoisotopic (exact) mass is 347 g/mol. The van der Waals surface area contributed by atoms with Gasteiger partial charge >= 0.3 is 0 Å². The fraction of sp³-hybridized carbons (Fsp3) is 0.316. The van der Waals surface area contributed by atoms with E-state index in [2.05, 4.69) is 5.32 Å². The Labute approximate surface area is 147 Å². The van der Waals surface area contributed by atoms with Crippen molar-refractivity contribution in [1.82, 2.24) is 5.32 Å². The van der Waals surface area contributed by atoms with Crippen LogP contribution >= 0.6 is 11.6 Å². The molecule has 0 radical (unpaired) electrons. The second-order valence-corrected chi connectivity index (χ2v) is 6.53. The van der Waals surface area contributed by atoms with E-state index in [4.69, 9.17) is 16.3 Å². The summed E-state index contributed by atoms with van der Waals surface area (Å²) in [4.78, 5) is 11.8. The Hall–Kier alpha value is -2.04. The molecule has 5 heteroatoms. The summed E-state index contributed by atoms with van der Waals surface area (Å²) in [5.74, 6) is 0.423.